The molecule has 0 spiro atoms. The number of aromatic nitrogens is 1. The molecular weight excluding hydrogens is 278 g/mol. The Hall–Kier alpha value is -0.880. The van der Waals surface area contributed by atoms with E-state index in [2.05, 4.69) is 23.7 Å². The van der Waals surface area contributed by atoms with Crippen molar-refractivity contribution in [2.75, 3.05) is 24.6 Å². The molecular formula is C14H24ClN3O2. The van der Waals surface area contributed by atoms with Gasteiger partial charge in [0.2, 0.25) is 0 Å². The number of hydrogen-bond acceptors (Lipinski definition) is 5. The zero-order valence-corrected chi connectivity index (χ0v) is 12.8. The van der Waals surface area contributed by atoms with E-state index in [1.165, 1.54) is 0 Å². The van der Waals surface area contributed by atoms with Crippen LogP contribution in [0.25, 0.3) is 0 Å². The summed E-state index contributed by atoms with van der Waals surface area (Å²) in [7, 11) is 0. The molecule has 1 aliphatic rings. The zero-order valence-electron chi connectivity index (χ0n) is 12.0. The third-order valence-electron chi connectivity index (χ3n) is 3.29. The van der Waals surface area contributed by atoms with Crippen molar-refractivity contribution in [1.82, 2.24) is 4.98 Å². The molecule has 3 N–H and O–H groups in total. The summed E-state index contributed by atoms with van der Waals surface area (Å²) < 4.78 is 5.72. The van der Waals surface area contributed by atoms with E-state index in [1.54, 1.807) is 0 Å². The largest absolute Gasteiger partial charge is 0.395 e. The Labute approximate surface area is 126 Å². The fourth-order valence-corrected chi connectivity index (χ4v) is 2.46. The average Bonchev–Trinajstić information content (AvgIpc) is 2.38. The molecule has 0 aliphatic carbocycles. The maximum absolute atomic E-state index is 8.95. The van der Waals surface area contributed by atoms with Crippen molar-refractivity contribution in [1.29, 1.82) is 0 Å². The number of morpholine rings is 1. The Bertz CT molecular complexity index is 392. The van der Waals surface area contributed by atoms with Gasteiger partial charge in [0.1, 0.15) is 5.82 Å². The van der Waals surface area contributed by atoms with Gasteiger partial charge in [0.15, 0.2) is 0 Å². The maximum atomic E-state index is 8.95. The maximum Gasteiger partial charge on any atom is 0.128 e. The van der Waals surface area contributed by atoms with E-state index in [4.69, 9.17) is 15.6 Å². The summed E-state index contributed by atoms with van der Waals surface area (Å²) in [4.78, 5) is 6.74. The average molecular weight is 302 g/mol. The van der Waals surface area contributed by atoms with Gasteiger partial charge < -0.3 is 20.5 Å². The zero-order chi connectivity index (χ0) is 13.8. The van der Waals surface area contributed by atoms with Crippen molar-refractivity contribution in [3.63, 3.8) is 0 Å². The van der Waals surface area contributed by atoms with Gasteiger partial charge in [-0.2, -0.15) is 0 Å². The van der Waals surface area contributed by atoms with E-state index in [-0.39, 0.29) is 37.3 Å². The van der Waals surface area contributed by atoms with Gasteiger partial charge in [-0.05, 0) is 31.9 Å². The van der Waals surface area contributed by atoms with E-state index < -0.39 is 0 Å². The number of aliphatic hydroxyl groups is 1. The minimum absolute atomic E-state index is 0. The van der Waals surface area contributed by atoms with Crippen LogP contribution < -0.4 is 10.6 Å². The summed E-state index contributed by atoms with van der Waals surface area (Å²) in [5.74, 6) is 0.975. The highest BCUT2D eigenvalue weighted by molar-refractivity contribution is 5.85. The summed E-state index contributed by atoms with van der Waals surface area (Å²) in [6, 6.07) is 3.84. The molecule has 2 heterocycles. The van der Waals surface area contributed by atoms with E-state index in [9.17, 15) is 0 Å². The first kappa shape index (κ1) is 17.2. The van der Waals surface area contributed by atoms with Crippen LogP contribution in [0.4, 0.5) is 5.82 Å². The van der Waals surface area contributed by atoms with Crippen LogP contribution in [-0.4, -0.2) is 48.0 Å². The summed E-state index contributed by atoms with van der Waals surface area (Å²) in [5, 5.41) is 8.95. The van der Waals surface area contributed by atoms with Gasteiger partial charge in [0, 0.05) is 25.3 Å². The van der Waals surface area contributed by atoms with Crippen LogP contribution in [0.1, 0.15) is 19.4 Å². The monoisotopic (exact) mass is 301 g/mol. The fraction of sp³-hybridized carbons (Fsp3) is 0.643. The van der Waals surface area contributed by atoms with Crippen molar-refractivity contribution in [2.24, 2.45) is 5.73 Å². The van der Waals surface area contributed by atoms with Crippen molar-refractivity contribution in [3.8, 4) is 0 Å². The normalized spacial score (nSPS) is 24.1. The van der Waals surface area contributed by atoms with Crippen LogP contribution in [0, 0.1) is 0 Å². The number of anilines is 1. The Morgan fingerprint density at radius 1 is 1.40 bits per heavy atom. The Morgan fingerprint density at radius 2 is 2.05 bits per heavy atom. The first-order valence-corrected chi connectivity index (χ1v) is 6.80. The van der Waals surface area contributed by atoms with Crippen LogP contribution in [0.2, 0.25) is 0 Å². The Morgan fingerprint density at radius 3 is 2.55 bits per heavy atom. The predicted molar refractivity (Wildman–Crippen MR) is 82.5 cm³/mol. The quantitative estimate of drug-likeness (QED) is 0.867. The molecule has 0 radical (unpaired) electrons. The van der Waals surface area contributed by atoms with Gasteiger partial charge in [0.05, 0.1) is 18.8 Å². The third-order valence-corrected chi connectivity index (χ3v) is 3.29. The highest BCUT2D eigenvalue weighted by Gasteiger charge is 2.22. The number of hydrogen-bond donors (Lipinski definition) is 2. The van der Waals surface area contributed by atoms with Crippen LogP contribution in [0.15, 0.2) is 18.3 Å². The molecule has 1 aliphatic heterocycles. The minimum Gasteiger partial charge on any atom is -0.395 e. The number of aliphatic hydroxyl groups excluding tert-OH is 1. The first-order chi connectivity index (χ1) is 9.08. The molecule has 0 aromatic carbocycles. The van der Waals surface area contributed by atoms with Crippen molar-refractivity contribution >= 4 is 18.2 Å². The summed E-state index contributed by atoms with van der Waals surface area (Å²) in [6.45, 7) is 5.90. The number of pyridine rings is 1. The lowest BCUT2D eigenvalue weighted by Gasteiger charge is -2.36. The van der Waals surface area contributed by atoms with Gasteiger partial charge >= 0.3 is 0 Å². The standard InChI is InChI=1S/C14H23N3O2.ClH/c1-10-7-17(8-11(2)19-10)14-4-3-12(6-16-14)5-13(15)9-18;/h3-4,6,10-11,13,18H,5,7-9,15H2,1-2H3;1H. The van der Waals surface area contributed by atoms with Crippen LogP contribution in [-0.2, 0) is 11.2 Å². The van der Waals surface area contributed by atoms with Crippen LogP contribution in [0.3, 0.4) is 0 Å². The molecule has 1 fully saturated rings. The second kappa shape index (κ2) is 7.78. The van der Waals surface area contributed by atoms with E-state index >= 15 is 0 Å². The molecule has 0 saturated carbocycles. The smallest absolute Gasteiger partial charge is 0.128 e. The lowest BCUT2D eigenvalue weighted by molar-refractivity contribution is -0.00545. The van der Waals surface area contributed by atoms with Crippen LogP contribution >= 0.6 is 12.4 Å². The lowest BCUT2D eigenvalue weighted by atomic mass is 10.1. The topological polar surface area (TPSA) is 71.6 Å². The summed E-state index contributed by atoms with van der Waals surface area (Å²) >= 11 is 0. The van der Waals surface area contributed by atoms with Gasteiger partial charge in [-0.3, -0.25) is 0 Å². The van der Waals surface area contributed by atoms with Gasteiger partial charge in [-0.1, -0.05) is 6.07 Å². The van der Waals surface area contributed by atoms with E-state index in [0.29, 0.717) is 6.42 Å². The molecule has 1 aromatic heterocycles. The first-order valence-electron chi connectivity index (χ1n) is 6.80. The SMILES string of the molecule is CC1CN(c2ccc(CC(N)CO)cn2)CC(C)O1.Cl. The second-order valence-corrected chi connectivity index (χ2v) is 5.33. The number of halogens is 1. The molecule has 20 heavy (non-hydrogen) atoms. The van der Waals surface area contributed by atoms with Crippen molar-refractivity contribution < 1.29 is 9.84 Å². The predicted octanol–water partition coefficient (Wildman–Crippen LogP) is 0.979. The molecule has 0 bridgehead atoms. The molecule has 6 heteroatoms. The molecule has 1 saturated heterocycles. The molecule has 3 atom stereocenters. The van der Waals surface area contributed by atoms with Gasteiger partial charge in [-0.25, -0.2) is 4.98 Å². The fourth-order valence-electron chi connectivity index (χ4n) is 2.46. The van der Waals surface area contributed by atoms with E-state index in [1.807, 2.05) is 18.3 Å². The van der Waals surface area contributed by atoms with Crippen molar-refractivity contribution in [2.45, 2.75) is 38.5 Å². The molecule has 3 unspecified atom stereocenters. The Kier molecular flexibility index (Phi) is 6.68. The Balaban J connectivity index is 0.00000200. The minimum atomic E-state index is -0.212. The third kappa shape index (κ3) is 4.59. The molecule has 0 amide bonds. The van der Waals surface area contributed by atoms with E-state index in [0.717, 1.165) is 24.5 Å². The summed E-state index contributed by atoms with van der Waals surface area (Å²) in [6.07, 6.45) is 2.95. The number of nitrogens with two attached hydrogens (primary N) is 1. The number of rotatable bonds is 4. The highest BCUT2D eigenvalue weighted by Crippen LogP contribution is 2.18. The second-order valence-electron chi connectivity index (χ2n) is 5.33. The molecule has 2 rings (SSSR count). The highest BCUT2D eigenvalue weighted by atomic mass is 35.5. The number of nitrogens with zero attached hydrogens (tertiary/aromatic N) is 2. The molecule has 5 nitrogen and oxygen atoms in total. The molecule has 1 aromatic rings. The van der Waals surface area contributed by atoms with Gasteiger partial charge in [-0.15, -0.1) is 12.4 Å². The lowest BCUT2D eigenvalue weighted by Crippen LogP contribution is -2.45. The van der Waals surface area contributed by atoms with Crippen molar-refractivity contribution in [3.05, 3.63) is 23.9 Å². The summed E-state index contributed by atoms with van der Waals surface area (Å²) in [5.41, 5.74) is 6.77. The van der Waals surface area contributed by atoms with Crippen LogP contribution in [0.5, 0.6) is 0 Å². The van der Waals surface area contributed by atoms with Gasteiger partial charge in [0.25, 0.3) is 0 Å². The molecule has 114 valence electrons. The number of ether oxygens (including phenoxy) is 1.